The van der Waals surface area contributed by atoms with Crippen molar-refractivity contribution < 1.29 is 4.74 Å². The lowest BCUT2D eigenvalue weighted by atomic mass is 9.82. The maximum atomic E-state index is 6.11. The smallest absolute Gasteiger partial charge is 0.0759 e. The molecule has 120 valence electrons. The van der Waals surface area contributed by atoms with Gasteiger partial charge in [-0.25, -0.2) is 0 Å². The van der Waals surface area contributed by atoms with E-state index in [1.807, 2.05) is 0 Å². The van der Waals surface area contributed by atoms with Crippen molar-refractivity contribution >= 4 is 0 Å². The van der Waals surface area contributed by atoms with Crippen LogP contribution in [-0.4, -0.2) is 48.8 Å². The lowest BCUT2D eigenvalue weighted by Crippen LogP contribution is -2.62. The number of hydrogen-bond acceptors (Lipinski definition) is 3. The molecule has 3 nitrogen and oxygen atoms in total. The number of nitrogens with zero attached hydrogens (tertiary/aromatic N) is 1. The van der Waals surface area contributed by atoms with Crippen LogP contribution in [0, 0.1) is 11.8 Å². The van der Waals surface area contributed by atoms with E-state index in [9.17, 15) is 0 Å². The largest absolute Gasteiger partial charge is 0.376 e. The fraction of sp³-hybridized carbons (Fsp3) is 1.00. The van der Waals surface area contributed by atoms with E-state index in [2.05, 4.69) is 17.1 Å². The molecule has 2 saturated heterocycles. The lowest BCUT2D eigenvalue weighted by molar-refractivity contribution is 0.00788. The van der Waals surface area contributed by atoms with E-state index in [0.717, 1.165) is 24.5 Å². The average Bonchev–Trinajstić information content (AvgIpc) is 3.26. The summed E-state index contributed by atoms with van der Waals surface area (Å²) in [5.74, 6) is 1.81. The van der Waals surface area contributed by atoms with Crippen LogP contribution < -0.4 is 5.32 Å². The van der Waals surface area contributed by atoms with Crippen molar-refractivity contribution in [1.82, 2.24) is 10.2 Å². The average molecular weight is 292 g/mol. The molecular weight excluding hydrogens is 260 g/mol. The predicted octanol–water partition coefficient (Wildman–Crippen LogP) is 2.80. The Morgan fingerprint density at radius 2 is 1.76 bits per heavy atom. The quantitative estimate of drug-likeness (QED) is 0.865. The van der Waals surface area contributed by atoms with Gasteiger partial charge < -0.3 is 10.1 Å². The SMILES string of the molecule is CC1CNC(C2CCCCC2)CN1C1CCOC1C1CC1. The number of ether oxygens (including phenoxy) is 1. The topological polar surface area (TPSA) is 24.5 Å². The molecule has 4 atom stereocenters. The van der Waals surface area contributed by atoms with E-state index in [0.29, 0.717) is 18.2 Å². The minimum absolute atomic E-state index is 0.553. The van der Waals surface area contributed by atoms with Gasteiger partial charge in [0.05, 0.1) is 6.10 Å². The second kappa shape index (κ2) is 6.17. The van der Waals surface area contributed by atoms with Crippen molar-refractivity contribution in [3.63, 3.8) is 0 Å². The molecule has 3 heteroatoms. The molecule has 0 aromatic rings. The Hall–Kier alpha value is -0.120. The van der Waals surface area contributed by atoms with Crippen molar-refractivity contribution in [1.29, 1.82) is 0 Å². The van der Waals surface area contributed by atoms with Crippen LogP contribution in [0.2, 0.25) is 0 Å². The normalized spacial score (nSPS) is 43.3. The fourth-order valence-electron chi connectivity index (χ4n) is 5.06. The Balaban J connectivity index is 1.42. The Labute approximate surface area is 129 Å². The molecule has 2 aliphatic heterocycles. The first-order chi connectivity index (χ1) is 10.3. The molecule has 0 aromatic heterocycles. The second-order valence-corrected chi connectivity index (χ2v) is 7.99. The molecule has 2 saturated carbocycles. The zero-order valence-corrected chi connectivity index (χ0v) is 13.6. The first-order valence-corrected chi connectivity index (χ1v) is 9.43. The standard InChI is InChI=1S/C18H32N2O/c1-13-11-19-16(14-5-3-2-4-6-14)12-20(13)17-9-10-21-18(17)15-7-8-15/h13-19H,2-12H2,1H3. The van der Waals surface area contributed by atoms with Crippen LogP contribution >= 0.6 is 0 Å². The molecular formula is C18H32N2O. The zero-order valence-electron chi connectivity index (χ0n) is 13.6. The van der Waals surface area contributed by atoms with Crippen LogP contribution in [0.3, 0.4) is 0 Å². The number of hydrogen-bond donors (Lipinski definition) is 1. The minimum atomic E-state index is 0.553. The van der Waals surface area contributed by atoms with Gasteiger partial charge >= 0.3 is 0 Å². The molecule has 1 N–H and O–H groups in total. The molecule has 4 unspecified atom stereocenters. The van der Waals surface area contributed by atoms with Crippen LogP contribution in [0.25, 0.3) is 0 Å². The van der Waals surface area contributed by atoms with Crippen molar-refractivity contribution in [3.8, 4) is 0 Å². The van der Waals surface area contributed by atoms with Gasteiger partial charge in [-0.15, -0.1) is 0 Å². The summed E-state index contributed by atoms with van der Waals surface area (Å²) in [6, 6.07) is 2.13. The summed E-state index contributed by atoms with van der Waals surface area (Å²) in [4.78, 5) is 2.83. The van der Waals surface area contributed by atoms with Crippen LogP contribution in [0.4, 0.5) is 0 Å². The third-order valence-electron chi connectivity index (χ3n) is 6.48. The Bertz CT molecular complexity index is 351. The van der Waals surface area contributed by atoms with Gasteiger partial charge in [-0.2, -0.15) is 0 Å². The van der Waals surface area contributed by atoms with E-state index in [4.69, 9.17) is 4.74 Å². The Morgan fingerprint density at radius 3 is 2.52 bits per heavy atom. The van der Waals surface area contributed by atoms with Gasteiger partial charge in [0.2, 0.25) is 0 Å². The minimum Gasteiger partial charge on any atom is -0.376 e. The van der Waals surface area contributed by atoms with Crippen LogP contribution in [0.5, 0.6) is 0 Å². The second-order valence-electron chi connectivity index (χ2n) is 7.99. The molecule has 4 aliphatic rings. The molecule has 0 aromatic carbocycles. The summed E-state index contributed by atoms with van der Waals surface area (Å²) in [6.45, 7) is 5.85. The highest BCUT2D eigenvalue weighted by molar-refractivity contribution is 4.99. The predicted molar refractivity (Wildman–Crippen MR) is 85.4 cm³/mol. The van der Waals surface area contributed by atoms with Crippen molar-refractivity contribution in [2.45, 2.75) is 82.5 Å². The summed E-state index contributed by atoms with van der Waals surface area (Å²) in [7, 11) is 0. The van der Waals surface area contributed by atoms with Gasteiger partial charge in [0, 0.05) is 37.8 Å². The van der Waals surface area contributed by atoms with Gasteiger partial charge in [-0.05, 0) is 50.9 Å². The summed E-state index contributed by atoms with van der Waals surface area (Å²) in [6.07, 6.45) is 11.9. The third kappa shape index (κ3) is 3.02. The van der Waals surface area contributed by atoms with Crippen LogP contribution in [0.1, 0.15) is 58.3 Å². The molecule has 0 spiro atoms. The van der Waals surface area contributed by atoms with Crippen molar-refractivity contribution in [2.24, 2.45) is 11.8 Å². The van der Waals surface area contributed by atoms with E-state index in [-0.39, 0.29) is 0 Å². The first-order valence-electron chi connectivity index (χ1n) is 9.43. The van der Waals surface area contributed by atoms with Crippen LogP contribution in [-0.2, 0) is 4.74 Å². The summed E-state index contributed by atoms with van der Waals surface area (Å²) in [5.41, 5.74) is 0. The van der Waals surface area contributed by atoms with Crippen LogP contribution in [0.15, 0.2) is 0 Å². The lowest BCUT2D eigenvalue weighted by Gasteiger charge is -2.46. The Kier molecular flexibility index (Phi) is 4.25. The van der Waals surface area contributed by atoms with E-state index < -0.39 is 0 Å². The van der Waals surface area contributed by atoms with Crippen molar-refractivity contribution in [3.05, 3.63) is 0 Å². The molecule has 21 heavy (non-hydrogen) atoms. The zero-order chi connectivity index (χ0) is 14.2. The maximum Gasteiger partial charge on any atom is 0.0759 e. The van der Waals surface area contributed by atoms with E-state index in [1.165, 1.54) is 64.5 Å². The number of piperazine rings is 1. The molecule has 2 aliphatic carbocycles. The maximum absolute atomic E-state index is 6.11. The van der Waals surface area contributed by atoms with Gasteiger partial charge in [0.25, 0.3) is 0 Å². The van der Waals surface area contributed by atoms with Gasteiger partial charge in [0.1, 0.15) is 0 Å². The highest BCUT2D eigenvalue weighted by atomic mass is 16.5. The molecule has 4 fully saturated rings. The van der Waals surface area contributed by atoms with Gasteiger partial charge in [-0.1, -0.05) is 19.3 Å². The highest BCUT2D eigenvalue weighted by Gasteiger charge is 2.45. The first kappa shape index (κ1) is 14.5. The Morgan fingerprint density at radius 1 is 0.952 bits per heavy atom. The molecule has 0 bridgehead atoms. The molecule has 0 amide bonds. The highest BCUT2D eigenvalue weighted by Crippen LogP contribution is 2.41. The summed E-state index contributed by atoms with van der Waals surface area (Å²) < 4.78 is 6.11. The molecule has 4 rings (SSSR count). The summed E-state index contributed by atoms with van der Waals surface area (Å²) >= 11 is 0. The fourth-order valence-corrected chi connectivity index (χ4v) is 5.06. The molecule has 2 heterocycles. The number of nitrogens with one attached hydrogen (secondary N) is 1. The third-order valence-corrected chi connectivity index (χ3v) is 6.48. The monoisotopic (exact) mass is 292 g/mol. The van der Waals surface area contributed by atoms with E-state index >= 15 is 0 Å². The summed E-state index contributed by atoms with van der Waals surface area (Å²) in [5, 5.41) is 3.87. The van der Waals surface area contributed by atoms with E-state index in [1.54, 1.807) is 0 Å². The van der Waals surface area contributed by atoms with Gasteiger partial charge in [0.15, 0.2) is 0 Å². The van der Waals surface area contributed by atoms with Gasteiger partial charge in [-0.3, -0.25) is 4.90 Å². The molecule has 0 radical (unpaired) electrons. The number of rotatable bonds is 3. The van der Waals surface area contributed by atoms with Crippen molar-refractivity contribution in [2.75, 3.05) is 19.7 Å².